The van der Waals surface area contributed by atoms with Crippen LogP contribution in [0.4, 0.5) is 0 Å². The van der Waals surface area contributed by atoms with Gasteiger partial charge in [0.1, 0.15) is 0 Å². The Morgan fingerprint density at radius 3 is 2.63 bits per heavy atom. The van der Waals surface area contributed by atoms with Gasteiger partial charge in [-0.3, -0.25) is 4.79 Å². The first-order valence-electron chi connectivity index (χ1n) is 6.14. The summed E-state index contributed by atoms with van der Waals surface area (Å²) in [4.78, 5) is 14.2. The van der Waals surface area contributed by atoms with E-state index >= 15 is 0 Å². The van der Waals surface area contributed by atoms with Crippen LogP contribution in [0.3, 0.4) is 0 Å². The lowest BCUT2D eigenvalue weighted by molar-refractivity contribution is 0.0790. The molecule has 5 nitrogen and oxygen atoms in total. The van der Waals surface area contributed by atoms with Gasteiger partial charge < -0.3 is 10.6 Å². The third kappa shape index (κ3) is 2.96. The maximum Gasteiger partial charge on any atom is 0.254 e. The molecule has 1 heterocycles. The molecular formula is C13H18N2O3S. The molecule has 0 spiro atoms. The topological polar surface area (TPSA) is 80.5 Å². The number of hydrogen-bond acceptors (Lipinski definition) is 4. The van der Waals surface area contributed by atoms with Crippen molar-refractivity contribution >= 4 is 15.7 Å². The highest BCUT2D eigenvalue weighted by atomic mass is 32.2. The smallest absolute Gasteiger partial charge is 0.254 e. The lowest BCUT2D eigenvalue weighted by Gasteiger charge is -2.17. The van der Waals surface area contributed by atoms with Gasteiger partial charge in [0, 0.05) is 31.0 Å². The number of rotatable bonds is 2. The lowest BCUT2D eigenvalue weighted by atomic mass is 10.1. The number of carbonyl (C=O) groups is 1. The average Bonchev–Trinajstić information content (AvgIpc) is 2.74. The summed E-state index contributed by atoms with van der Waals surface area (Å²) in [7, 11) is -3.31. The number of sulfone groups is 1. The molecule has 1 atom stereocenters. The van der Waals surface area contributed by atoms with E-state index in [1.165, 1.54) is 12.1 Å². The van der Waals surface area contributed by atoms with E-state index in [9.17, 15) is 13.2 Å². The summed E-state index contributed by atoms with van der Waals surface area (Å²) in [5.41, 5.74) is 7.01. The Morgan fingerprint density at radius 2 is 2.11 bits per heavy atom. The van der Waals surface area contributed by atoms with Crippen LogP contribution in [0.1, 0.15) is 22.3 Å². The minimum absolute atomic E-state index is 0.0161. The Bertz CT molecular complexity index is 610. The van der Waals surface area contributed by atoms with Crippen molar-refractivity contribution in [1.29, 1.82) is 0 Å². The van der Waals surface area contributed by atoms with E-state index in [2.05, 4.69) is 0 Å². The van der Waals surface area contributed by atoms with Crippen molar-refractivity contribution in [3.05, 3.63) is 29.3 Å². The van der Waals surface area contributed by atoms with Gasteiger partial charge in [-0.1, -0.05) is 6.07 Å². The van der Waals surface area contributed by atoms with Crippen LogP contribution < -0.4 is 5.73 Å². The van der Waals surface area contributed by atoms with E-state index in [0.29, 0.717) is 18.7 Å². The van der Waals surface area contributed by atoms with Gasteiger partial charge in [0.25, 0.3) is 5.91 Å². The Hall–Kier alpha value is -1.40. The predicted molar refractivity (Wildman–Crippen MR) is 72.8 cm³/mol. The van der Waals surface area contributed by atoms with Crippen LogP contribution in [0, 0.1) is 6.92 Å². The number of aryl methyl sites for hydroxylation is 1. The van der Waals surface area contributed by atoms with Gasteiger partial charge in [-0.05, 0) is 31.0 Å². The summed E-state index contributed by atoms with van der Waals surface area (Å²) in [6, 6.07) is 4.66. The molecule has 0 bridgehead atoms. The van der Waals surface area contributed by atoms with Crippen LogP contribution >= 0.6 is 0 Å². The molecule has 1 aromatic rings. The number of benzene rings is 1. The van der Waals surface area contributed by atoms with Gasteiger partial charge in [-0.15, -0.1) is 0 Å². The van der Waals surface area contributed by atoms with E-state index in [-0.39, 0.29) is 16.8 Å². The normalized spacial score (nSPS) is 19.7. The molecule has 19 heavy (non-hydrogen) atoms. The molecule has 1 aromatic carbocycles. The van der Waals surface area contributed by atoms with Crippen molar-refractivity contribution in [2.45, 2.75) is 24.3 Å². The summed E-state index contributed by atoms with van der Waals surface area (Å²) in [5, 5.41) is 0. The minimum Gasteiger partial charge on any atom is -0.337 e. The molecule has 1 amide bonds. The van der Waals surface area contributed by atoms with Crippen LogP contribution in [0.2, 0.25) is 0 Å². The summed E-state index contributed by atoms with van der Waals surface area (Å²) in [6.07, 6.45) is 1.92. The number of likely N-dealkylation sites (tertiary alicyclic amines) is 1. The standard InChI is InChI=1S/C13H18N2O3S/c1-9-3-4-11(19(2,17)18)7-12(9)13(16)15-6-5-10(14)8-15/h3-4,7,10H,5-6,8,14H2,1-2H3/t10-/m0/s1. The molecule has 0 aromatic heterocycles. The van der Waals surface area contributed by atoms with Gasteiger partial charge in [-0.2, -0.15) is 0 Å². The molecule has 0 radical (unpaired) electrons. The van der Waals surface area contributed by atoms with E-state index in [4.69, 9.17) is 5.73 Å². The zero-order valence-electron chi connectivity index (χ0n) is 11.1. The fourth-order valence-electron chi connectivity index (χ4n) is 2.20. The van der Waals surface area contributed by atoms with E-state index in [1.807, 2.05) is 0 Å². The highest BCUT2D eigenvalue weighted by Crippen LogP contribution is 2.19. The Labute approximate surface area is 113 Å². The molecule has 1 saturated heterocycles. The van der Waals surface area contributed by atoms with Gasteiger partial charge in [0.15, 0.2) is 9.84 Å². The Morgan fingerprint density at radius 1 is 1.42 bits per heavy atom. The largest absolute Gasteiger partial charge is 0.337 e. The molecule has 1 aliphatic rings. The third-order valence-electron chi connectivity index (χ3n) is 3.38. The Kier molecular flexibility index (Phi) is 3.64. The fourth-order valence-corrected chi connectivity index (χ4v) is 2.85. The van der Waals surface area contributed by atoms with Crippen molar-refractivity contribution in [2.75, 3.05) is 19.3 Å². The molecule has 1 fully saturated rings. The van der Waals surface area contributed by atoms with Gasteiger partial charge in [0.2, 0.25) is 0 Å². The third-order valence-corrected chi connectivity index (χ3v) is 4.49. The van der Waals surface area contributed by atoms with Crippen LogP contribution in [-0.2, 0) is 9.84 Å². The molecule has 0 unspecified atom stereocenters. The SMILES string of the molecule is Cc1ccc(S(C)(=O)=O)cc1C(=O)N1CC[C@H](N)C1. The Balaban J connectivity index is 2.36. The molecule has 0 aliphatic carbocycles. The number of hydrogen-bond donors (Lipinski definition) is 1. The molecule has 1 aliphatic heterocycles. The maximum atomic E-state index is 12.4. The van der Waals surface area contributed by atoms with Gasteiger partial charge in [-0.25, -0.2) is 8.42 Å². The van der Waals surface area contributed by atoms with Gasteiger partial charge >= 0.3 is 0 Å². The minimum atomic E-state index is -3.31. The molecule has 2 N–H and O–H groups in total. The number of carbonyl (C=O) groups excluding carboxylic acids is 1. The van der Waals surface area contributed by atoms with Crippen molar-refractivity contribution < 1.29 is 13.2 Å². The second-order valence-corrected chi connectivity index (χ2v) is 7.06. The highest BCUT2D eigenvalue weighted by Gasteiger charge is 2.26. The van der Waals surface area contributed by atoms with Crippen molar-refractivity contribution in [3.8, 4) is 0 Å². The number of nitrogens with two attached hydrogens (primary N) is 1. The van der Waals surface area contributed by atoms with E-state index < -0.39 is 9.84 Å². The maximum absolute atomic E-state index is 12.4. The van der Waals surface area contributed by atoms with Crippen LogP contribution in [0.25, 0.3) is 0 Å². The first kappa shape index (κ1) is 14.0. The molecule has 0 saturated carbocycles. The van der Waals surface area contributed by atoms with Crippen LogP contribution in [0.5, 0.6) is 0 Å². The number of amides is 1. The van der Waals surface area contributed by atoms with Crippen LogP contribution in [0.15, 0.2) is 23.1 Å². The summed E-state index contributed by atoms with van der Waals surface area (Å²) < 4.78 is 23.1. The summed E-state index contributed by atoms with van der Waals surface area (Å²) in [5.74, 6) is -0.143. The van der Waals surface area contributed by atoms with E-state index in [0.717, 1.165) is 18.2 Å². The van der Waals surface area contributed by atoms with Crippen molar-refractivity contribution in [3.63, 3.8) is 0 Å². The average molecular weight is 282 g/mol. The summed E-state index contributed by atoms with van der Waals surface area (Å²) >= 11 is 0. The zero-order valence-corrected chi connectivity index (χ0v) is 11.9. The second-order valence-electron chi connectivity index (χ2n) is 5.05. The van der Waals surface area contributed by atoms with Crippen molar-refractivity contribution in [1.82, 2.24) is 4.90 Å². The fraction of sp³-hybridized carbons (Fsp3) is 0.462. The van der Waals surface area contributed by atoms with Crippen LogP contribution in [-0.4, -0.2) is 44.6 Å². The quantitative estimate of drug-likeness (QED) is 0.860. The summed E-state index contributed by atoms with van der Waals surface area (Å²) in [6.45, 7) is 2.96. The monoisotopic (exact) mass is 282 g/mol. The zero-order chi connectivity index (χ0) is 14.2. The predicted octanol–water partition coefficient (Wildman–Crippen LogP) is 0.572. The van der Waals surface area contributed by atoms with Gasteiger partial charge in [0.05, 0.1) is 4.90 Å². The molecule has 104 valence electrons. The number of nitrogens with zero attached hydrogens (tertiary/aromatic N) is 1. The molecule has 2 rings (SSSR count). The first-order valence-corrected chi connectivity index (χ1v) is 8.04. The first-order chi connectivity index (χ1) is 8.79. The second kappa shape index (κ2) is 4.94. The lowest BCUT2D eigenvalue weighted by Crippen LogP contribution is -2.32. The molecular weight excluding hydrogens is 264 g/mol. The molecule has 6 heteroatoms. The highest BCUT2D eigenvalue weighted by molar-refractivity contribution is 7.90. The van der Waals surface area contributed by atoms with E-state index in [1.54, 1.807) is 17.9 Å². The van der Waals surface area contributed by atoms with Crippen molar-refractivity contribution in [2.24, 2.45) is 5.73 Å².